The molecule has 0 spiro atoms. The van der Waals surface area contributed by atoms with Gasteiger partial charge in [0.2, 0.25) is 0 Å². The molecule has 0 atom stereocenters. The van der Waals surface area contributed by atoms with E-state index in [1.165, 1.54) is 18.9 Å². The van der Waals surface area contributed by atoms with E-state index in [1.54, 1.807) is 6.07 Å². The summed E-state index contributed by atoms with van der Waals surface area (Å²) in [5.74, 6) is 0.425. The number of likely N-dealkylation sites (tertiary alicyclic amines) is 1. The second-order valence-electron chi connectivity index (χ2n) is 5.27. The zero-order valence-electron chi connectivity index (χ0n) is 12.3. The highest BCUT2D eigenvalue weighted by Gasteiger charge is 2.30. The van der Waals surface area contributed by atoms with Gasteiger partial charge in [0.25, 0.3) is 0 Å². The number of nitrogens with zero attached hydrogens (tertiary/aromatic N) is 2. The molecule has 0 radical (unpaired) electrons. The third kappa shape index (κ3) is 5.66. The largest absolute Gasteiger partial charge is 0.416 e. The fourth-order valence-electron chi connectivity index (χ4n) is 2.42. The Hall–Kier alpha value is -0.990. The van der Waals surface area contributed by atoms with Gasteiger partial charge in [-0.25, -0.2) is 4.99 Å². The summed E-state index contributed by atoms with van der Waals surface area (Å²) >= 11 is 0. The number of hydrogen-bond acceptors (Lipinski definition) is 1. The van der Waals surface area contributed by atoms with Crippen molar-refractivity contribution >= 4 is 29.9 Å². The molecule has 124 valence electrons. The molecule has 1 fully saturated rings. The van der Waals surface area contributed by atoms with Crippen LogP contribution in [0.25, 0.3) is 0 Å². The van der Waals surface area contributed by atoms with Gasteiger partial charge in [0.05, 0.1) is 12.1 Å². The molecule has 0 saturated carbocycles. The Labute approximate surface area is 145 Å². The Morgan fingerprint density at radius 1 is 1.14 bits per heavy atom. The number of alkyl halides is 3. The molecule has 2 N–H and O–H groups in total. The van der Waals surface area contributed by atoms with Crippen molar-refractivity contribution in [2.45, 2.75) is 38.4 Å². The predicted octanol–water partition coefficient (Wildman–Crippen LogP) is 4.01. The number of aliphatic imine (C=N–C) groups is 1. The second-order valence-corrected chi connectivity index (χ2v) is 5.27. The normalized spacial score (nSPS) is 16.9. The minimum atomic E-state index is -4.32. The monoisotopic (exact) mass is 427 g/mol. The van der Waals surface area contributed by atoms with Crippen LogP contribution in [0.15, 0.2) is 29.3 Å². The lowest BCUT2D eigenvalue weighted by Crippen LogP contribution is -2.38. The lowest BCUT2D eigenvalue weighted by atomic mass is 10.1. The van der Waals surface area contributed by atoms with Crippen molar-refractivity contribution in [2.24, 2.45) is 10.7 Å². The summed E-state index contributed by atoms with van der Waals surface area (Å²) in [7, 11) is 0. The van der Waals surface area contributed by atoms with Gasteiger partial charge in [-0.3, -0.25) is 0 Å². The van der Waals surface area contributed by atoms with E-state index < -0.39 is 11.7 Å². The Kier molecular flexibility index (Phi) is 7.44. The third-order valence-corrected chi connectivity index (χ3v) is 3.61. The van der Waals surface area contributed by atoms with Crippen molar-refractivity contribution in [1.29, 1.82) is 0 Å². The Balaban J connectivity index is 0.00000242. The molecule has 0 unspecified atom stereocenters. The zero-order chi connectivity index (χ0) is 15.3. The van der Waals surface area contributed by atoms with E-state index in [1.807, 2.05) is 4.90 Å². The Morgan fingerprint density at radius 2 is 1.77 bits per heavy atom. The van der Waals surface area contributed by atoms with E-state index in [0.29, 0.717) is 11.5 Å². The van der Waals surface area contributed by atoms with Crippen LogP contribution in [0.1, 0.15) is 36.8 Å². The molecule has 0 aromatic heterocycles. The minimum Gasteiger partial charge on any atom is -0.370 e. The SMILES string of the molecule is I.NC(=NCc1cccc(C(F)(F)F)c1)N1CCCCCC1. The highest BCUT2D eigenvalue weighted by molar-refractivity contribution is 14.0. The number of rotatable bonds is 2. The maximum atomic E-state index is 12.6. The Bertz CT molecular complexity index is 495. The zero-order valence-corrected chi connectivity index (χ0v) is 14.6. The summed E-state index contributed by atoms with van der Waals surface area (Å²) in [6.45, 7) is 1.92. The third-order valence-electron chi connectivity index (χ3n) is 3.61. The highest BCUT2D eigenvalue weighted by atomic mass is 127. The maximum absolute atomic E-state index is 12.6. The average molecular weight is 427 g/mol. The van der Waals surface area contributed by atoms with E-state index in [9.17, 15) is 13.2 Å². The van der Waals surface area contributed by atoms with Crippen LogP contribution in [0.5, 0.6) is 0 Å². The number of guanidine groups is 1. The lowest BCUT2D eigenvalue weighted by molar-refractivity contribution is -0.137. The molecule has 0 bridgehead atoms. The van der Waals surface area contributed by atoms with Crippen LogP contribution in [0.2, 0.25) is 0 Å². The summed E-state index contributed by atoms with van der Waals surface area (Å²) < 4.78 is 37.9. The standard InChI is InChI=1S/C15H20F3N3.HI/c16-15(17,18)13-7-5-6-12(10-13)11-20-14(19)21-8-3-1-2-4-9-21;/h5-7,10H,1-4,8-9,11H2,(H2,19,20);1H. The first-order chi connectivity index (χ1) is 9.97. The minimum absolute atomic E-state index is 0. The van der Waals surface area contributed by atoms with Crippen LogP contribution in [0.3, 0.4) is 0 Å². The molecule has 3 nitrogen and oxygen atoms in total. The molecule has 1 aliphatic heterocycles. The van der Waals surface area contributed by atoms with E-state index in [-0.39, 0.29) is 30.5 Å². The molecule has 0 aliphatic carbocycles. The summed E-state index contributed by atoms with van der Waals surface area (Å²) in [5, 5.41) is 0. The summed E-state index contributed by atoms with van der Waals surface area (Å²) in [6.07, 6.45) is 0.227. The van der Waals surface area contributed by atoms with Gasteiger partial charge in [-0.2, -0.15) is 13.2 Å². The molecule has 1 heterocycles. The fraction of sp³-hybridized carbons (Fsp3) is 0.533. The summed E-state index contributed by atoms with van der Waals surface area (Å²) in [4.78, 5) is 6.25. The number of halogens is 4. The summed E-state index contributed by atoms with van der Waals surface area (Å²) in [5.41, 5.74) is 5.81. The molecule has 1 aromatic rings. The Morgan fingerprint density at radius 3 is 2.36 bits per heavy atom. The molecular formula is C15H21F3IN3. The quantitative estimate of drug-likeness (QED) is 0.440. The predicted molar refractivity (Wildman–Crippen MR) is 92.2 cm³/mol. The first kappa shape index (κ1) is 19.1. The molecule has 22 heavy (non-hydrogen) atoms. The van der Waals surface area contributed by atoms with Gasteiger partial charge in [-0.1, -0.05) is 25.0 Å². The fourth-order valence-corrected chi connectivity index (χ4v) is 2.42. The smallest absolute Gasteiger partial charge is 0.370 e. The topological polar surface area (TPSA) is 41.6 Å². The first-order valence-corrected chi connectivity index (χ1v) is 7.18. The molecular weight excluding hydrogens is 406 g/mol. The molecule has 2 rings (SSSR count). The lowest BCUT2D eigenvalue weighted by Gasteiger charge is -2.21. The van der Waals surface area contributed by atoms with Crippen molar-refractivity contribution in [2.75, 3.05) is 13.1 Å². The first-order valence-electron chi connectivity index (χ1n) is 7.18. The van der Waals surface area contributed by atoms with Crippen LogP contribution in [-0.2, 0) is 12.7 Å². The van der Waals surface area contributed by atoms with Gasteiger partial charge >= 0.3 is 6.18 Å². The van der Waals surface area contributed by atoms with E-state index in [4.69, 9.17) is 5.73 Å². The molecule has 1 saturated heterocycles. The second kappa shape index (κ2) is 8.59. The molecule has 1 aliphatic rings. The van der Waals surface area contributed by atoms with Gasteiger partial charge in [-0.05, 0) is 30.5 Å². The highest BCUT2D eigenvalue weighted by Crippen LogP contribution is 2.29. The van der Waals surface area contributed by atoms with Crippen LogP contribution >= 0.6 is 24.0 Å². The van der Waals surface area contributed by atoms with E-state index >= 15 is 0 Å². The van der Waals surface area contributed by atoms with Crippen LogP contribution in [0, 0.1) is 0 Å². The summed E-state index contributed by atoms with van der Waals surface area (Å²) in [6, 6.07) is 5.22. The van der Waals surface area contributed by atoms with Crippen molar-refractivity contribution in [3.05, 3.63) is 35.4 Å². The average Bonchev–Trinajstić information content (AvgIpc) is 2.73. The molecule has 7 heteroatoms. The number of nitrogens with two attached hydrogens (primary N) is 1. The molecule has 1 aromatic carbocycles. The van der Waals surface area contributed by atoms with Gasteiger partial charge < -0.3 is 10.6 Å². The van der Waals surface area contributed by atoms with Gasteiger partial charge in [0, 0.05) is 13.1 Å². The van der Waals surface area contributed by atoms with Crippen LogP contribution in [0.4, 0.5) is 13.2 Å². The van der Waals surface area contributed by atoms with Crippen molar-refractivity contribution in [3.8, 4) is 0 Å². The van der Waals surface area contributed by atoms with Crippen molar-refractivity contribution in [3.63, 3.8) is 0 Å². The van der Waals surface area contributed by atoms with Crippen molar-refractivity contribution in [1.82, 2.24) is 4.90 Å². The van der Waals surface area contributed by atoms with Gasteiger partial charge in [0.15, 0.2) is 5.96 Å². The maximum Gasteiger partial charge on any atom is 0.416 e. The number of benzene rings is 1. The van der Waals surface area contributed by atoms with Crippen molar-refractivity contribution < 1.29 is 13.2 Å². The van der Waals surface area contributed by atoms with Gasteiger partial charge in [-0.15, -0.1) is 24.0 Å². The molecule has 0 amide bonds. The van der Waals surface area contributed by atoms with Crippen LogP contribution < -0.4 is 5.73 Å². The number of hydrogen-bond donors (Lipinski definition) is 1. The van der Waals surface area contributed by atoms with Crippen LogP contribution in [-0.4, -0.2) is 23.9 Å². The van der Waals surface area contributed by atoms with E-state index in [0.717, 1.165) is 38.1 Å². The van der Waals surface area contributed by atoms with E-state index in [2.05, 4.69) is 4.99 Å². The van der Waals surface area contributed by atoms with Gasteiger partial charge in [0.1, 0.15) is 0 Å².